The zero-order valence-corrected chi connectivity index (χ0v) is 13.4. The summed E-state index contributed by atoms with van der Waals surface area (Å²) in [5.41, 5.74) is 2.73. The first kappa shape index (κ1) is 14.4. The number of fused-ring (bicyclic) bond motifs is 3. The van der Waals surface area contributed by atoms with Gasteiger partial charge in [-0.3, -0.25) is 9.38 Å². The molecule has 0 aliphatic carbocycles. The van der Waals surface area contributed by atoms with Gasteiger partial charge in [0.05, 0.1) is 19.5 Å². The lowest BCUT2D eigenvalue weighted by molar-refractivity contribution is 0.125. The van der Waals surface area contributed by atoms with E-state index in [1.165, 1.54) is 11.3 Å². The molecular weight excluding hydrogens is 266 g/mol. The number of hydrogen-bond acceptors (Lipinski definition) is 3. The third-order valence-electron chi connectivity index (χ3n) is 5.20. The van der Waals surface area contributed by atoms with Gasteiger partial charge >= 0.3 is 6.09 Å². The number of amides is 1. The molecule has 1 aromatic carbocycles. The van der Waals surface area contributed by atoms with Gasteiger partial charge in [-0.05, 0) is 32.5 Å². The Balaban J connectivity index is 2.07. The molecule has 1 N–H and O–H groups in total. The lowest BCUT2D eigenvalue weighted by Gasteiger charge is -2.37. The molecule has 114 valence electrons. The van der Waals surface area contributed by atoms with E-state index in [9.17, 15) is 4.79 Å². The molecule has 5 heteroatoms. The fraction of sp³-hybridized carbons (Fsp3) is 0.562. The minimum Gasteiger partial charge on any atom is -0.410 e. The minimum atomic E-state index is -0.424. The van der Waals surface area contributed by atoms with Gasteiger partial charge in [0.25, 0.3) is 0 Å². The number of likely N-dealkylation sites (N-methyl/N-ethyl adjacent to an activating group) is 2. The van der Waals surface area contributed by atoms with Gasteiger partial charge in [-0.25, -0.2) is 4.79 Å². The van der Waals surface area contributed by atoms with Crippen LogP contribution in [0.5, 0.6) is 5.75 Å². The summed E-state index contributed by atoms with van der Waals surface area (Å²) < 4.78 is 6.16. The average Bonchev–Trinajstić information content (AvgIpc) is 2.83. The van der Waals surface area contributed by atoms with Crippen LogP contribution in [-0.4, -0.2) is 51.9 Å². The first-order valence-corrected chi connectivity index (χ1v) is 7.39. The normalized spacial score (nSPS) is 29.9. The van der Waals surface area contributed by atoms with Gasteiger partial charge < -0.3 is 10.1 Å². The molecule has 0 bridgehead atoms. The molecule has 2 aliphatic rings. The van der Waals surface area contributed by atoms with Crippen molar-refractivity contribution >= 4 is 11.8 Å². The summed E-state index contributed by atoms with van der Waals surface area (Å²) in [5.74, 6) is 0.615. The van der Waals surface area contributed by atoms with Crippen LogP contribution in [0.25, 0.3) is 0 Å². The molecule has 0 saturated carbocycles. The quantitative estimate of drug-likeness (QED) is 0.803. The number of likely N-dealkylation sites (tertiary alicyclic amines) is 1. The minimum absolute atomic E-state index is 0.107. The summed E-state index contributed by atoms with van der Waals surface area (Å²) in [6.07, 6.45) is 1.14. The van der Waals surface area contributed by atoms with E-state index in [1.54, 1.807) is 7.05 Å². The second-order valence-corrected chi connectivity index (χ2v) is 6.88. The molecule has 3 rings (SSSR count). The molecule has 0 spiro atoms. The van der Waals surface area contributed by atoms with Crippen molar-refractivity contribution in [2.75, 3.05) is 34.7 Å². The summed E-state index contributed by atoms with van der Waals surface area (Å²) >= 11 is 0. The van der Waals surface area contributed by atoms with Crippen LogP contribution in [0, 0.1) is 0 Å². The number of quaternary nitrogens is 1. The van der Waals surface area contributed by atoms with Crippen molar-refractivity contribution in [1.82, 2.24) is 14.7 Å². The van der Waals surface area contributed by atoms with E-state index < -0.39 is 6.09 Å². The summed E-state index contributed by atoms with van der Waals surface area (Å²) in [5, 5.41) is 2.49. The zero-order valence-electron chi connectivity index (χ0n) is 13.4. The molecule has 2 atom stereocenters. The van der Waals surface area contributed by atoms with Crippen molar-refractivity contribution < 1.29 is 9.53 Å². The molecule has 2 unspecified atom stereocenters. The third-order valence-corrected chi connectivity index (χ3v) is 5.20. The molecule has 1 amide bonds. The Morgan fingerprint density at radius 3 is 2.86 bits per heavy atom. The van der Waals surface area contributed by atoms with Crippen LogP contribution in [0.4, 0.5) is 10.5 Å². The highest BCUT2D eigenvalue weighted by Gasteiger charge is 2.60. The van der Waals surface area contributed by atoms with Crippen LogP contribution in [0.3, 0.4) is 0 Å². The number of benzene rings is 1. The fourth-order valence-corrected chi connectivity index (χ4v) is 4.45. The molecule has 21 heavy (non-hydrogen) atoms. The number of hydrogen-bond donors (Lipinski definition) is 1. The molecule has 5 nitrogen and oxygen atoms in total. The highest BCUT2D eigenvalue weighted by Crippen LogP contribution is 2.54. The standard InChI is InChI=1S/C16H23N3O2/c1-16-8-9-18(3)14(16)19(4,5)13-7-6-11(10-12(13)16)21-15(20)17-2/h6-7,10,14H,8-9H2,1-5H3/p+1. The Bertz CT molecular complexity index is 599. The van der Waals surface area contributed by atoms with Crippen molar-refractivity contribution in [1.29, 1.82) is 0 Å². The summed E-state index contributed by atoms with van der Waals surface area (Å²) in [6.45, 7) is 3.43. The predicted octanol–water partition coefficient (Wildman–Crippen LogP) is 1.90. The van der Waals surface area contributed by atoms with Crippen molar-refractivity contribution in [3.63, 3.8) is 0 Å². The predicted molar refractivity (Wildman–Crippen MR) is 83.6 cm³/mol. The summed E-state index contributed by atoms with van der Waals surface area (Å²) in [4.78, 5) is 13.9. The monoisotopic (exact) mass is 290 g/mol. The topological polar surface area (TPSA) is 41.6 Å². The lowest BCUT2D eigenvalue weighted by atomic mass is 9.81. The second kappa shape index (κ2) is 4.45. The average molecular weight is 290 g/mol. The first-order valence-electron chi connectivity index (χ1n) is 7.39. The highest BCUT2D eigenvalue weighted by atomic mass is 16.5. The Hall–Kier alpha value is -1.59. The summed E-state index contributed by atoms with van der Waals surface area (Å²) in [6, 6.07) is 6.03. The lowest BCUT2D eigenvalue weighted by Crippen LogP contribution is -2.57. The fourth-order valence-electron chi connectivity index (χ4n) is 4.45. The molecular formula is C16H24N3O2+. The van der Waals surface area contributed by atoms with Crippen LogP contribution in [-0.2, 0) is 5.41 Å². The maximum Gasteiger partial charge on any atom is 0.412 e. The second-order valence-electron chi connectivity index (χ2n) is 6.88. The maximum atomic E-state index is 11.4. The number of ether oxygens (including phenoxy) is 1. The number of carbonyl (C=O) groups excluding carboxylic acids is 1. The van der Waals surface area contributed by atoms with E-state index in [0.29, 0.717) is 11.9 Å². The van der Waals surface area contributed by atoms with Gasteiger partial charge in [-0.1, -0.05) is 0 Å². The highest BCUT2D eigenvalue weighted by molar-refractivity contribution is 5.71. The smallest absolute Gasteiger partial charge is 0.410 e. The van der Waals surface area contributed by atoms with Gasteiger partial charge in [0.15, 0.2) is 6.17 Å². The number of carbonyl (C=O) groups is 1. The van der Waals surface area contributed by atoms with Crippen molar-refractivity contribution in [2.24, 2.45) is 0 Å². The van der Waals surface area contributed by atoms with Gasteiger partial charge in [-0.15, -0.1) is 0 Å². The van der Waals surface area contributed by atoms with Gasteiger partial charge in [0.1, 0.15) is 11.4 Å². The van der Waals surface area contributed by atoms with Gasteiger partial charge in [0.2, 0.25) is 0 Å². The van der Waals surface area contributed by atoms with Crippen molar-refractivity contribution in [3.05, 3.63) is 23.8 Å². The van der Waals surface area contributed by atoms with Crippen LogP contribution in [0.15, 0.2) is 18.2 Å². The molecule has 2 heterocycles. The van der Waals surface area contributed by atoms with E-state index in [-0.39, 0.29) is 5.41 Å². The van der Waals surface area contributed by atoms with E-state index in [1.807, 2.05) is 12.1 Å². The molecule has 2 aliphatic heterocycles. The van der Waals surface area contributed by atoms with E-state index in [0.717, 1.165) is 17.4 Å². The SMILES string of the molecule is CNC(=O)Oc1ccc2c(c1)C1(C)CCN(C)C1[N+]2(C)C. The van der Waals surface area contributed by atoms with Crippen LogP contribution < -0.4 is 14.5 Å². The van der Waals surface area contributed by atoms with Gasteiger partial charge in [0, 0.05) is 25.2 Å². The largest absolute Gasteiger partial charge is 0.412 e. The zero-order chi connectivity index (χ0) is 15.4. The third kappa shape index (κ3) is 1.88. The number of nitrogens with zero attached hydrogens (tertiary/aromatic N) is 2. The first-order chi connectivity index (χ1) is 9.80. The molecule has 0 radical (unpaired) electrons. The molecule has 0 aromatic heterocycles. The number of rotatable bonds is 1. The Labute approximate surface area is 126 Å². The van der Waals surface area contributed by atoms with E-state index in [2.05, 4.69) is 44.3 Å². The van der Waals surface area contributed by atoms with Crippen LogP contribution in [0.2, 0.25) is 0 Å². The maximum absolute atomic E-state index is 11.4. The van der Waals surface area contributed by atoms with Gasteiger partial charge in [-0.2, -0.15) is 0 Å². The van der Waals surface area contributed by atoms with Crippen molar-refractivity contribution in [3.8, 4) is 5.75 Å². The van der Waals surface area contributed by atoms with Crippen LogP contribution in [0.1, 0.15) is 18.9 Å². The summed E-state index contributed by atoms with van der Waals surface area (Å²) in [7, 11) is 8.29. The Morgan fingerprint density at radius 2 is 2.19 bits per heavy atom. The number of nitrogens with one attached hydrogen (secondary N) is 1. The molecule has 1 saturated heterocycles. The van der Waals surface area contributed by atoms with E-state index >= 15 is 0 Å². The Kier molecular flexibility index (Phi) is 3.04. The molecule has 1 aromatic rings. The van der Waals surface area contributed by atoms with Crippen molar-refractivity contribution in [2.45, 2.75) is 24.9 Å². The van der Waals surface area contributed by atoms with Crippen LogP contribution >= 0.6 is 0 Å². The molecule has 1 fully saturated rings. The Morgan fingerprint density at radius 1 is 1.48 bits per heavy atom. The van der Waals surface area contributed by atoms with E-state index in [4.69, 9.17) is 4.74 Å².